The highest BCUT2D eigenvalue weighted by Crippen LogP contribution is 2.38. The first kappa shape index (κ1) is 26.9. The second-order valence-electron chi connectivity index (χ2n) is 8.50. The summed E-state index contributed by atoms with van der Waals surface area (Å²) in [5.74, 6) is -1.84. The van der Waals surface area contributed by atoms with Crippen molar-refractivity contribution in [3.05, 3.63) is 57.9 Å². The lowest BCUT2D eigenvalue weighted by molar-refractivity contribution is -0.138. The van der Waals surface area contributed by atoms with Crippen molar-refractivity contribution in [2.75, 3.05) is 57.7 Å². The number of carbonyl (C=O) groups is 1. The van der Waals surface area contributed by atoms with Crippen LogP contribution in [-0.4, -0.2) is 73.2 Å². The monoisotopic (exact) mass is 536 g/mol. The molecule has 4 rings (SSSR count). The van der Waals surface area contributed by atoms with Crippen LogP contribution < -0.4 is 25.2 Å². The topological polar surface area (TPSA) is 113 Å². The molecule has 10 nitrogen and oxygen atoms in total. The van der Waals surface area contributed by atoms with Gasteiger partial charge in [-0.2, -0.15) is 18.2 Å². The predicted octanol–water partition coefficient (Wildman–Crippen LogP) is 3.01. The number of H-pyrrole nitrogens is 1. The summed E-state index contributed by atoms with van der Waals surface area (Å²) in [6.45, 7) is 2.27. The summed E-state index contributed by atoms with van der Waals surface area (Å²) in [6, 6.07) is 2.77. The Morgan fingerprint density at radius 3 is 2.42 bits per heavy atom. The van der Waals surface area contributed by atoms with Crippen LogP contribution in [0.4, 0.5) is 28.9 Å². The van der Waals surface area contributed by atoms with E-state index in [2.05, 4.69) is 25.2 Å². The molecule has 14 heteroatoms. The van der Waals surface area contributed by atoms with E-state index < -0.39 is 34.6 Å². The van der Waals surface area contributed by atoms with Gasteiger partial charge in [0.15, 0.2) is 0 Å². The molecule has 0 aliphatic carbocycles. The first-order chi connectivity index (χ1) is 18.0. The zero-order valence-corrected chi connectivity index (χ0v) is 20.6. The Kier molecular flexibility index (Phi) is 7.53. The molecule has 1 aliphatic rings. The van der Waals surface area contributed by atoms with Crippen LogP contribution in [0, 0.1) is 5.82 Å². The number of alkyl halides is 3. The number of methoxy groups -OCH3 is 2. The third-order valence-corrected chi connectivity index (χ3v) is 6.05. The van der Waals surface area contributed by atoms with Crippen LogP contribution in [0.2, 0.25) is 0 Å². The highest BCUT2D eigenvalue weighted by atomic mass is 19.4. The molecule has 0 atom stereocenters. The molecule has 2 N–H and O–H groups in total. The first-order valence-corrected chi connectivity index (χ1v) is 11.4. The van der Waals surface area contributed by atoms with Crippen LogP contribution in [0.3, 0.4) is 0 Å². The van der Waals surface area contributed by atoms with Gasteiger partial charge in [-0.3, -0.25) is 9.59 Å². The van der Waals surface area contributed by atoms with E-state index >= 15 is 4.39 Å². The fraction of sp³-hybridized carbons (Fsp3) is 0.333. The molecule has 0 bridgehead atoms. The zero-order chi connectivity index (χ0) is 27.6. The van der Waals surface area contributed by atoms with Gasteiger partial charge in [0.05, 0.1) is 42.3 Å². The van der Waals surface area contributed by atoms with Gasteiger partial charge in [-0.05, 0) is 19.2 Å². The highest BCUT2D eigenvalue weighted by molar-refractivity contribution is 6.07. The minimum atomic E-state index is -4.96. The van der Waals surface area contributed by atoms with Gasteiger partial charge < -0.3 is 29.6 Å². The van der Waals surface area contributed by atoms with Crippen LogP contribution in [0.5, 0.6) is 11.9 Å². The van der Waals surface area contributed by atoms with Crippen LogP contribution in [0.15, 0.2) is 35.4 Å². The van der Waals surface area contributed by atoms with Crippen LogP contribution in [0.25, 0.3) is 11.1 Å². The summed E-state index contributed by atoms with van der Waals surface area (Å²) < 4.78 is 66.5. The Bertz CT molecular complexity index is 1400. The summed E-state index contributed by atoms with van der Waals surface area (Å²) >= 11 is 0. The molecule has 3 heterocycles. The lowest BCUT2D eigenvalue weighted by atomic mass is 10.0. The number of anilines is 2. The van der Waals surface area contributed by atoms with E-state index in [1.54, 1.807) is 0 Å². The highest BCUT2D eigenvalue weighted by Gasteiger charge is 2.36. The van der Waals surface area contributed by atoms with Crippen molar-refractivity contribution in [3.8, 4) is 23.0 Å². The van der Waals surface area contributed by atoms with Crippen molar-refractivity contribution in [2.45, 2.75) is 6.18 Å². The Morgan fingerprint density at radius 2 is 1.79 bits per heavy atom. The molecule has 1 fully saturated rings. The number of aromatic amines is 1. The number of nitrogens with one attached hydrogen (secondary N) is 2. The molecule has 1 saturated heterocycles. The first-order valence-electron chi connectivity index (χ1n) is 11.4. The Morgan fingerprint density at radius 1 is 1.08 bits per heavy atom. The standard InChI is InChI=1S/C24H24F4N6O4/c1-33-4-6-34(7-5-33)19-10-17(25)13(14-11-30-23(38-3)32-22(14)37-2)8-18(19)31-21(36)15-12-29-20(35)9-16(15)24(26,27)28/h8-12H,4-7H2,1-3H3,(H,29,35)(H,31,36). The maximum atomic E-state index is 15.5. The number of rotatable bonds is 6. The SMILES string of the molecule is COc1ncc(-c2cc(NC(=O)c3c[nH]c(=O)cc3C(F)(F)F)c(N3CCN(C)CC3)cc2F)c(OC)n1. The van der Waals surface area contributed by atoms with Gasteiger partial charge in [0, 0.05) is 50.2 Å². The van der Waals surface area contributed by atoms with Crippen molar-refractivity contribution in [3.63, 3.8) is 0 Å². The maximum absolute atomic E-state index is 15.5. The number of carbonyl (C=O) groups excluding carboxylic acids is 1. The number of pyridine rings is 1. The molecule has 3 aromatic rings. The second kappa shape index (κ2) is 10.7. The molecular weight excluding hydrogens is 512 g/mol. The molecule has 38 heavy (non-hydrogen) atoms. The molecule has 0 radical (unpaired) electrons. The summed E-state index contributed by atoms with van der Waals surface area (Å²) in [4.78, 5) is 38.6. The number of amides is 1. The zero-order valence-electron chi connectivity index (χ0n) is 20.6. The number of benzene rings is 1. The van der Waals surface area contributed by atoms with E-state index in [1.807, 2.05) is 11.9 Å². The van der Waals surface area contributed by atoms with Gasteiger partial charge in [-0.15, -0.1) is 0 Å². The van der Waals surface area contributed by atoms with Gasteiger partial charge in [0.1, 0.15) is 5.82 Å². The molecule has 1 aromatic carbocycles. The van der Waals surface area contributed by atoms with E-state index in [1.165, 1.54) is 32.5 Å². The summed E-state index contributed by atoms with van der Waals surface area (Å²) in [6.07, 6.45) is -2.99. The smallest absolute Gasteiger partial charge is 0.417 e. The minimum absolute atomic E-state index is 0.0135. The molecule has 202 valence electrons. The van der Waals surface area contributed by atoms with E-state index in [0.29, 0.717) is 38.4 Å². The van der Waals surface area contributed by atoms with Gasteiger partial charge in [-0.1, -0.05) is 0 Å². The fourth-order valence-electron chi connectivity index (χ4n) is 4.05. The largest absolute Gasteiger partial charge is 0.480 e. The van der Waals surface area contributed by atoms with Crippen LogP contribution >= 0.6 is 0 Å². The Labute approximate surface area is 214 Å². The Hall–Kier alpha value is -4.20. The van der Waals surface area contributed by atoms with E-state index in [9.17, 15) is 22.8 Å². The summed E-state index contributed by atoms with van der Waals surface area (Å²) in [7, 11) is 4.59. The average molecular weight is 536 g/mol. The molecule has 1 aliphatic heterocycles. The predicted molar refractivity (Wildman–Crippen MR) is 130 cm³/mol. The van der Waals surface area contributed by atoms with Crippen LogP contribution in [0.1, 0.15) is 15.9 Å². The quantitative estimate of drug-likeness (QED) is 0.463. The molecular formula is C24H24F4N6O4. The number of piperazine rings is 1. The van der Waals surface area contributed by atoms with E-state index in [-0.39, 0.29) is 34.4 Å². The average Bonchev–Trinajstić information content (AvgIpc) is 2.89. The van der Waals surface area contributed by atoms with Gasteiger partial charge >= 0.3 is 12.2 Å². The minimum Gasteiger partial charge on any atom is -0.480 e. The number of hydrogen-bond acceptors (Lipinski definition) is 8. The Balaban J connectivity index is 1.83. The van der Waals surface area contributed by atoms with Gasteiger partial charge in [0.2, 0.25) is 11.4 Å². The third-order valence-electron chi connectivity index (χ3n) is 6.05. The van der Waals surface area contributed by atoms with Crippen molar-refractivity contribution >= 4 is 17.3 Å². The van der Waals surface area contributed by atoms with E-state index in [0.717, 1.165) is 0 Å². The van der Waals surface area contributed by atoms with Gasteiger partial charge in [-0.25, -0.2) is 9.37 Å². The number of aromatic nitrogens is 3. The molecule has 1 amide bonds. The normalized spacial score (nSPS) is 14.3. The number of likely N-dealkylation sites (N-methyl/N-ethyl adjacent to an activating group) is 1. The van der Waals surface area contributed by atoms with Crippen molar-refractivity contribution < 1.29 is 31.8 Å². The summed E-state index contributed by atoms with van der Waals surface area (Å²) in [5.41, 5.74) is -2.80. The maximum Gasteiger partial charge on any atom is 0.417 e. The number of nitrogens with zero attached hydrogens (tertiary/aromatic N) is 4. The lowest BCUT2D eigenvalue weighted by Crippen LogP contribution is -2.44. The second-order valence-corrected chi connectivity index (χ2v) is 8.50. The van der Waals surface area contributed by atoms with Crippen molar-refractivity contribution in [2.24, 2.45) is 0 Å². The van der Waals surface area contributed by atoms with E-state index in [4.69, 9.17) is 9.47 Å². The van der Waals surface area contributed by atoms with Crippen molar-refractivity contribution in [1.29, 1.82) is 0 Å². The lowest BCUT2D eigenvalue weighted by Gasteiger charge is -2.35. The van der Waals surface area contributed by atoms with Gasteiger partial charge in [0.25, 0.3) is 5.91 Å². The van der Waals surface area contributed by atoms with Crippen LogP contribution in [-0.2, 0) is 6.18 Å². The number of hydrogen-bond donors (Lipinski definition) is 2. The van der Waals surface area contributed by atoms with Crippen molar-refractivity contribution in [1.82, 2.24) is 19.9 Å². The molecule has 0 saturated carbocycles. The molecule has 0 unspecified atom stereocenters. The molecule has 2 aromatic heterocycles. The number of halogens is 4. The summed E-state index contributed by atoms with van der Waals surface area (Å²) in [5, 5.41) is 2.48. The fourth-order valence-corrected chi connectivity index (χ4v) is 4.05. The number of ether oxygens (including phenoxy) is 2. The third kappa shape index (κ3) is 5.54. The molecule has 0 spiro atoms.